The van der Waals surface area contributed by atoms with Crippen LogP contribution in [-0.2, 0) is 11.2 Å². The quantitative estimate of drug-likeness (QED) is 0.944. The highest BCUT2D eigenvalue weighted by atomic mass is 19.1. The number of nitrogens with one attached hydrogen (secondary N) is 1. The lowest BCUT2D eigenvalue weighted by atomic mass is 10.0. The van der Waals surface area contributed by atoms with E-state index in [-0.39, 0.29) is 17.8 Å². The van der Waals surface area contributed by atoms with Gasteiger partial charge in [0, 0.05) is 37.2 Å². The van der Waals surface area contributed by atoms with Gasteiger partial charge < -0.3 is 10.2 Å². The second-order valence-electron chi connectivity index (χ2n) is 5.87. The smallest absolute Gasteiger partial charge is 0.227 e. The van der Waals surface area contributed by atoms with E-state index in [0.717, 1.165) is 30.6 Å². The van der Waals surface area contributed by atoms with Gasteiger partial charge in [0.2, 0.25) is 5.91 Å². The van der Waals surface area contributed by atoms with E-state index in [0.29, 0.717) is 13.0 Å². The molecule has 1 aliphatic rings. The van der Waals surface area contributed by atoms with E-state index >= 15 is 0 Å². The van der Waals surface area contributed by atoms with E-state index in [4.69, 9.17) is 0 Å². The molecule has 23 heavy (non-hydrogen) atoms. The minimum Gasteiger partial charge on any atom is -0.381 e. The Morgan fingerprint density at radius 1 is 1.30 bits per heavy atom. The lowest BCUT2D eigenvalue weighted by molar-refractivity contribution is -0.131. The predicted molar refractivity (Wildman–Crippen MR) is 87.6 cm³/mol. The molecule has 1 aromatic heterocycles. The molecule has 1 fully saturated rings. The molecule has 0 aliphatic carbocycles. The third-order valence-electron chi connectivity index (χ3n) is 4.07. The molecule has 0 spiro atoms. The maximum Gasteiger partial charge on any atom is 0.227 e. The fourth-order valence-corrected chi connectivity index (χ4v) is 2.89. The van der Waals surface area contributed by atoms with E-state index in [2.05, 4.69) is 10.3 Å². The predicted octanol–water partition coefficient (Wildman–Crippen LogP) is 2.87. The first-order chi connectivity index (χ1) is 11.2. The van der Waals surface area contributed by atoms with Gasteiger partial charge in [-0.25, -0.2) is 4.39 Å². The van der Waals surface area contributed by atoms with Crippen molar-refractivity contribution < 1.29 is 9.18 Å². The van der Waals surface area contributed by atoms with Gasteiger partial charge in [-0.2, -0.15) is 0 Å². The molecule has 0 saturated carbocycles. The molecule has 4 nitrogen and oxygen atoms in total. The highest BCUT2D eigenvalue weighted by Gasteiger charge is 2.23. The van der Waals surface area contributed by atoms with Crippen LogP contribution in [0.1, 0.15) is 18.4 Å². The summed E-state index contributed by atoms with van der Waals surface area (Å²) in [7, 11) is 0. The average Bonchev–Trinajstić information content (AvgIpc) is 2.58. The van der Waals surface area contributed by atoms with Crippen LogP contribution in [0.2, 0.25) is 0 Å². The summed E-state index contributed by atoms with van der Waals surface area (Å²) in [6.07, 6.45) is 5.80. The maximum absolute atomic E-state index is 13.0. The summed E-state index contributed by atoms with van der Waals surface area (Å²) in [4.78, 5) is 18.4. The number of pyridine rings is 1. The van der Waals surface area contributed by atoms with Crippen molar-refractivity contribution in [2.24, 2.45) is 0 Å². The molecule has 1 unspecified atom stereocenters. The molecule has 3 rings (SSSR count). The number of aromatic nitrogens is 1. The number of rotatable bonds is 4. The number of piperidine rings is 1. The molecule has 2 heterocycles. The molecule has 1 atom stereocenters. The maximum atomic E-state index is 13.0. The van der Waals surface area contributed by atoms with Gasteiger partial charge in [0.15, 0.2) is 0 Å². The van der Waals surface area contributed by atoms with Crippen molar-refractivity contribution in [1.82, 2.24) is 9.88 Å². The Kier molecular flexibility index (Phi) is 4.86. The first-order valence-electron chi connectivity index (χ1n) is 7.89. The Bertz CT molecular complexity index is 645. The van der Waals surface area contributed by atoms with E-state index < -0.39 is 0 Å². The van der Waals surface area contributed by atoms with Gasteiger partial charge in [-0.3, -0.25) is 9.78 Å². The topological polar surface area (TPSA) is 45.2 Å². The number of hydrogen-bond donors (Lipinski definition) is 1. The summed E-state index contributed by atoms with van der Waals surface area (Å²) in [5.74, 6) is -0.115. The highest BCUT2D eigenvalue weighted by molar-refractivity contribution is 5.78. The Labute approximate surface area is 135 Å². The largest absolute Gasteiger partial charge is 0.381 e. The summed E-state index contributed by atoms with van der Waals surface area (Å²) >= 11 is 0. The zero-order valence-electron chi connectivity index (χ0n) is 12.9. The lowest BCUT2D eigenvalue weighted by Gasteiger charge is -2.33. The van der Waals surface area contributed by atoms with Crippen LogP contribution in [0.5, 0.6) is 0 Å². The van der Waals surface area contributed by atoms with E-state index in [1.165, 1.54) is 12.1 Å². The molecule has 1 aromatic carbocycles. The van der Waals surface area contributed by atoms with Crippen LogP contribution in [0, 0.1) is 5.82 Å². The monoisotopic (exact) mass is 313 g/mol. The summed E-state index contributed by atoms with van der Waals surface area (Å²) in [6, 6.07) is 10.3. The standard InChI is InChI=1S/C18H20FN3O/c19-15-5-7-16(8-6-15)21-17-4-2-10-22(13-17)18(23)11-14-3-1-9-20-12-14/h1,3,5-9,12,17,21H,2,4,10-11,13H2. The van der Waals surface area contributed by atoms with Crippen molar-refractivity contribution in [3.63, 3.8) is 0 Å². The van der Waals surface area contributed by atoms with Crippen molar-refractivity contribution in [2.45, 2.75) is 25.3 Å². The summed E-state index contributed by atoms with van der Waals surface area (Å²) in [6.45, 7) is 1.47. The molecule has 0 radical (unpaired) electrons. The van der Waals surface area contributed by atoms with Crippen LogP contribution in [0.3, 0.4) is 0 Å². The van der Waals surface area contributed by atoms with Gasteiger partial charge in [-0.1, -0.05) is 6.07 Å². The van der Waals surface area contributed by atoms with Crippen LogP contribution < -0.4 is 5.32 Å². The number of amides is 1. The van der Waals surface area contributed by atoms with Crippen LogP contribution in [0.25, 0.3) is 0 Å². The van der Waals surface area contributed by atoms with E-state index in [1.807, 2.05) is 17.0 Å². The van der Waals surface area contributed by atoms with Crippen LogP contribution in [-0.4, -0.2) is 34.9 Å². The van der Waals surface area contributed by atoms with Crippen molar-refractivity contribution in [1.29, 1.82) is 0 Å². The van der Waals surface area contributed by atoms with Gasteiger partial charge in [0.25, 0.3) is 0 Å². The zero-order valence-corrected chi connectivity index (χ0v) is 12.9. The molecule has 2 aromatic rings. The van der Waals surface area contributed by atoms with Crippen molar-refractivity contribution >= 4 is 11.6 Å². The SMILES string of the molecule is O=C(Cc1cccnc1)N1CCCC(Nc2ccc(F)cc2)C1. The summed E-state index contributed by atoms with van der Waals surface area (Å²) in [5, 5.41) is 3.38. The van der Waals surface area contributed by atoms with E-state index in [1.54, 1.807) is 24.5 Å². The van der Waals surface area contributed by atoms with Gasteiger partial charge in [0.1, 0.15) is 5.82 Å². The Balaban J connectivity index is 1.57. The fourth-order valence-electron chi connectivity index (χ4n) is 2.89. The molecule has 0 bridgehead atoms. The Morgan fingerprint density at radius 2 is 2.13 bits per heavy atom. The normalized spacial score (nSPS) is 17.8. The highest BCUT2D eigenvalue weighted by Crippen LogP contribution is 2.17. The van der Waals surface area contributed by atoms with Gasteiger partial charge in [-0.05, 0) is 48.7 Å². The first-order valence-corrected chi connectivity index (χ1v) is 7.89. The fraction of sp³-hybridized carbons (Fsp3) is 0.333. The number of halogens is 1. The number of carbonyl (C=O) groups excluding carboxylic acids is 1. The number of nitrogens with zero attached hydrogens (tertiary/aromatic N) is 2. The van der Waals surface area contributed by atoms with E-state index in [9.17, 15) is 9.18 Å². The summed E-state index contributed by atoms with van der Waals surface area (Å²) < 4.78 is 13.0. The second kappa shape index (κ2) is 7.22. The minimum atomic E-state index is -0.243. The van der Waals surface area contributed by atoms with Gasteiger partial charge >= 0.3 is 0 Å². The molecule has 1 amide bonds. The third-order valence-corrected chi connectivity index (χ3v) is 4.07. The number of benzene rings is 1. The second-order valence-corrected chi connectivity index (χ2v) is 5.87. The lowest BCUT2D eigenvalue weighted by Crippen LogP contribution is -2.45. The zero-order chi connectivity index (χ0) is 16.1. The van der Waals surface area contributed by atoms with Gasteiger partial charge in [0.05, 0.1) is 6.42 Å². The summed E-state index contributed by atoms with van der Waals surface area (Å²) in [5.41, 5.74) is 1.82. The molecular weight excluding hydrogens is 293 g/mol. The van der Waals surface area contributed by atoms with Crippen LogP contribution >= 0.6 is 0 Å². The number of likely N-dealkylation sites (tertiary alicyclic amines) is 1. The van der Waals surface area contributed by atoms with Crippen LogP contribution in [0.4, 0.5) is 10.1 Å². The van der Waals surface area contributed by atoms with Crippen LogP contribution in [0.15, 0.2) is 48.8 Å². The van der Waals surface area contributed by atoms with Crippen molar-refractivity contribution in [3.05, 3.63) is 60.2 Å². The van der Waals surface area contributed by atoms with Crippen molar-refractivity contribution in [3.8, 4) is 0 Å². The molecule has 1 saturated heterocycles. The number of hydrogen-bond acceptors (Lipinski definition) is 3. The molecule has 120 valence electrons. The first kappa shape index (κ1) is 15.5. The third kappa shape index (κ3) is 4.28. The average molecular weight is 313 g/mol. The molecule has 1 N–H and O–H groups in total. The van der Waals surface area contributed by atoms with Gasteiger partial charge in [-0.15, -0.1) is 0 Å². The number of anilines is 1. The molecule has 1 aliphatic heterocycles. The Hall–Kier alpha value is -2.43. The Morgan fingerprint density at radius 3 is 2.87 bits per heavy atom. The minimum absolute atomic E-state index is 0.128. The molecular formula is C18H20FN3O. The number of carbonyl (C=O) groups is 1. The molecule has 5 heteroatoms. The van der Waals surface area contributed by atoms with Crippen molar-refractivity contribution in [2.75, 3.05) is 18.4 Å².